The Balaban J connectivity index is 1.74. The highest BCUT2D eigenvalue weighted by Crippen LogP contribution is 2.60. The molecule has 6 atom stereocenters. The largest absolute Gasteiger partial charge is 0.395 e. The van der Waals surface area contributed by atoms with Crippen LogP contribution in [0.1, 0.15) is 33.6 Å². The molecule has 0 radical (unpaired) electrons. The summed E-state index contributed by atoms with van der Waals surface area (Å²) in [5, 5.41) is 9.94. The molecule has 0 aliphatic carbocycles. The van der Waals surface area contributed by atoms with E-state index in [1.54, 1.807) is 22.0 Å². The normalized spacial score (nSPS) is 28.0. The first-order chi connectivity index (χ1) is 19.7. The van der Waals surface area contributed by atoms with Gasteiger partial charge in [-0.1, -0.05) is 35.0 Å². The molecule has 2 bridgehead atoms. The molecule has 3 fully saturated rings. The standard InChI is InChI=1S/C31H43BrN4O5/c1-6-15-34(16-7-2)28(38)24-25-29(39)36(18-19-37)27(31(25)20-23(32)26(24)41-31)30(40)35(17-8-3)22-13-11-21(12-14-22)33(9-4)10-5/h6,8,11-14,23-27,37H,1,3,7,9-10,15-20H2,2,4-5H3/t23?,24-,25+,26-,27?,31?/m1/s1. The molecule has 10 heteroatoms. The average Bonchev–Trinajstić information content (AvgIpc) is 3.55. The number of ether oxygens (including phenoxy) is 1. The van der Waals surface area contributed by atoms with Gasteiger partial charge in [-0.3, -0.25) is 14.4 Å². The lowest BCUT2D eigenvalue weighted by Crippen LogP contribution is -2.57. The molecule has 3 aliphatic rings. The summed E-state index contributed by atoms with van der Waals surface area (Å²) in [6.45, 7) is 16.4. The lowest BCUT2D eigenvalue weighted by Gasteiger charge is -2.37. The number of likely N-dealkylation sites (tertiary alicyclic amines) is 1. The van der Waals surface area contributed by atoms with Gasteiger partial charge in [0, 0.05) is 55.5 Å². The molecule has 1 spiro atoms. The first kappa shape index (κ1) is 31.3. The molecule has 3 amide bonds. The molecule has 3 aliphatic heterocycles. The lowest BCUT2D eigenvalue weighted by molar-refractivity contribution is -0.145. The predicted octanol–water partition coefficient (Wildman–Crippen LogP) is 3.22. The molecule has 41 heavy (non-hydrogen) atoms. The van der Waals surface area contributed by atoms with Gasteiger partial charge in [0.15, 0.2) is 0 Å². The van der Waals surface area contributed by atoms with Gasteiger partial charge in [0.05, 0.1) is 24.5 Å². The van der Waals surface area contributed by atoms with Crippen LogP contribution < -0.4 is 9.80 Å². The summed E-state index contributed by atoms with van der Waals surface area (Å²) in [7, 11) is 0. The highest BCUT2D eigenvalue weighted by molar-refractivity contribution is 9.09. The molecule has 0 saturated carbocycles. The smallest absolute Gasteiger partial charge is 0.253 e. The summed E-state index contributed by atoms with van der Waals surface area (Å²) in [6, 6.07) is 6.79. The number of carbonyl (C=O) groups excluding carboxylic acids is 3. The average molecular weight is 632 g/mol. The van der Waals surface area contributed by atoms with Gasteiger partial charge >= 0.3 is 0 Å². The van der Waals surface area contributed by atoms with Crippen LogP contribution in [-0.4, -0.2) is 101 Å². The number of β-amino-alcohol motifs (C(OH)–C–C–N with tert-alkyl or cyclic N) is 1. The van der Waals surface area contributed by atoms with Gasteiger partial charge in [-0.15, -0.1) is 13.2 Å². The second-order valence-electron chi connectivity index (χ2n) is 10.9. The minimum atomic E-state index is -1.19. The molecule has 9 nitrogen and oxygen atoms in total. The Morgan fingerprint density at radius 3 is 2.29 bits per heavy atom. The van der Waals surface area contributed by atoms with Gasteiger partial charge in [-0.2, -0.15) is 0 Å². The van der Waals surface area contributed by atoms with Crippen LogP contribution in [0.25, 0.3) is 0 Å². The first-order valence-corrected chi connectivity index (χ1v) is 15.6. The van der Waals surface area contributed by atoms with Crippen LogP contribution in [0, 0.1) is 11.8 Å². The van der Waals surface area contributed by atoms with Gasteiger partial charge in [-0.05, 0) is 51.0 Å². The van der Waals surface area contributed by atoms with Crippen LogP contribution >= 0.6 is 15.9 Å². The van der Waals surface area contributed by atoms with Crippen LogP contribution in [0.2, 0.25) is 0 Å². The van der Waals surface area contributed by atoms with Gasteiger partial charge in [-0.25, -0.2) is 0 Å². The fourth-order valence-corrected chi connectivity index (χ4v) is 7.94. The number of halogens is 1. The van der Waals surface area contributed by atoms with E-state index in [4.69, 9.17) is 4.74 Å². The third-order valence-electron chi connectivity index (χ3n) is 8.67. The molecular weight excluding hydrogens is 588 g/mol. The number of alkyl halides is 1. The summed E-state index contributed by atoms with van der Waals surface area (Å²) < 4.78 is 6.62. The summed E-state index contributed by atoms with van der Waals surface area (Å²) >= 11 is 3.72. The van der Waals surface area contributed by atoms with Crippen molar-refractivity contribution in [3.8, 4) is 0 Å². The number of hydrogen-bond acceptors (Lipinski definition) is 6. The highest BCUT2D eigenvalue weighted by Gasteiger charge is 2.76. The Morgan fingerprint density at radius 2 is 1.73 bits per heavy atom. The van der Waals surface area contributed by atoms with E-state index in [0.29, 0.717) is 25.2 Å². The fourth-order valence-electron chi connectivity index (χ4n) is 7.00. The zero-order valence-corrected chi connectivity index (χ0v) is 26.0. The van der Waals surface area contributed by atoms with Crippen LogP contribution in [-0.2, 0) is 19.1 Å². The topological polar surface area (TPSA) is 93.6 Å². The minimum absolute atomic E-state index is 0.0243. The number of benzene rings is 1. The monoisotopic (exact) mass is 630 g/mol. The van der Waals surface area contributed by atoms with Crippen LogP contribution in [0.5, 0.6) is 0 Å². The van der Waals surface area contributed by atoms with Gasteiger partial charge in [0.1, 0.15) is 11.6 Å². The Morgan fingerprint density at radius 1 is 1.10 bits per heavy atom. The van der Waals surface area contributed by atoms with E-state index in [1.807, 2.05) is 31.2 Å². The Hall–Kier alpha value is -2.69. The maximum Gasteiger partial charge on any atom is 0.253 e. The number of carbonyl (C=O) groups is 3. The first-order valence-electron chi connectivity index (χ1n) is 14.6. The van der Waals surface area contributed by atoms with E-state index < -0.39 is 29.6 Å². The molecule has 4 rings (SSSR count). The minimum Gasteiger partial charge on any atom is -0.395 e. The molecule has 3 unspecified atom stereocenters. The summed E-state index contributed by atoms with van der Waals surface area (Å²) in [5.74, 6) is -2.33. The highest BCUT2D eigenvalue weighted by atomic mass is 79.9. The predicted molar refractivity (Wildman–Crippen MR) is 164 cm³/mol. The number of aliphatic hydroxyl groups excluding tert-OH is 1. The maximum absolute atomic E-state index is 14.5. The number of anilines is 2. The van der Waals surface area contributed by atoms with Crippen molar-refractivity contribution in [3.05, 3.63) is 49.6 Å². The molecule has 1 aromatic carbocycles. The van der Waals surface area contributed by atoms with Crippen molar-refractivity contribution in [3.63, 3.8) is 0 Å². The van der Waals surface area contributed by atoms with Crippen molar-refractivity contribution in [2.75, 3.05) is 55.7 Å². The quantitative estimate of drug-likeness (QED) is 0.251. The Kier molecular flexibility index (Phi) is 9.97. The number of fused-ring (bicyclic) bond motifs is 1. The SMILES string of the molecule is C=CCN(CCC)C(=O)[C@H]1[C@@H]2OC3(CC2Br)C(C(=O)N(CC=C)c2ccc(N(CC)CC)cc2)N(CCO)C(=O)[C@H]13. The Labute approximate surface area is 251 Å². The molecule has 1 N–H and O–H groups in total. The summed E-state index contributed by atoms with van der Waals surface area (Å²) in [4.78, 5) is 49.3. The summed E-state index contributed by atoms with van der Waals surface area (Å²) in [5.41, 5.74) is 0.547. The second kappa shape index (κ2) is 13.1. The Bertz CT molecular complexity index is 1140. The zero-order chi connectivity index (χ0) is 29.9. The van der Waals surface area contributed by atoms with E-state index >= 15 is 0 Å². The molecule has 1 aromatic rings. The van der Waals surface area contributed by atoms with Gasteiger partial charge in [0.25, 0.3) is 5.91 Å². The number of nitrogens with zero attached hydrogens (tertiary/aromatic N) is 4. The van der Waals surface area contributed by atoms with Crippen molar-refractivity contribution in [2.45, 2.75) is 56.2 Å². The lowest BCUT2D eigenvalue weighted by atomic mass is 9.70. The second-order valence-corrected chi connectivity index (χ2v) is 12.1. The van der Waals surface area contributed by atoms with E-state index in [9.17, 15) is 19.5 Å². The summed E-state index contributed by atoms with van der Waals surface area (Å²) in [6.07, 6.45) is 3.98. The molecule has 0 aromatic heterocycles. The van der Waals surface area contributed by atoms with Crippen molar-refractivity contribution in [2.24, 2.45) is 11.8 Å². The molecule has 3 saturated heterocycles. The number of hydrogen-bond donors (Lipinski definition) is 1. The fraction of sp³-hybridized carbons (Fsp3) is 0.581. The van der Waals surface area contributed by atoms with E-state index in [2.05, 4.69) is 47.8 Å². The van der Waals surface area contributed by atoms with Crippen LogP contribution in [0.3, 0.4) is 0 Å². The number of aliphatic hydroxyl groups is 1. The molecule has 3 heterocycles. The number of rotatable bonds is 14. The van der Waals surface area contributed by atoms with Crippen molar-refractivity contribution < 1.29 is 24.2 Å². The van der Waals surface area contributed by atoms with Gasteiger partial charge in [0.2, 0.25) is 11.8 Å². The van der Waals surface area contributed by atoms with Crippen molar-refractivity contribution in [1.82, 2.24) is 9.80 Å². The third kappa shape index (κ3) is 5.34. The maximum atomic E-state index is 14.5. The van der Waals surface area contributed by atoms with E-state index in [-0.39, 0.29) is 42.2 Å². The van der Waals surface area contributed by atoms with E-state index in [0.717, 1.165) is 25.2 Å². The number of amides is 3. The molecule has 224 valence electrons. The van der Waals surface area contributed by atoms with Crippen LogP contribution in [0.4, 0.5) is 11.4 Å². The van der Waals surface area contributed by atoms with Gasteiger partial charge < -0.3 is 29.4 Å². The third-order valence-corrected chi connectivity index (χ3v) is 9.52. The van der Waals surface area contributed by atoms with Crippen LogP contribution in [0.15, 0.2) is 49.6 Å². The van der Waals surface area contributed by atoms with E-state index in [1.165, 1.54) is 4.90 Å². The molecular formula is C31H43BrN4O5. The van der Waals surface area contributed by atoms with Crippen molar-refractivity contribution in [1.29, 1.82) is 0 Å². The van der Waals surface area contributed by atoms with Crippen molar-refractivity contribution >= 4 is 45.0 Å². The zero-order valence-electron chi connectivity index (χ0n) is 24.4.